The molecule has 2 aromatic rings. The zero-order valence-electron chi connectivity index (χ0n) is 13.8. The molecule has 0 radical (unpaired) electrons. The van der Waals surface area contributed by atoms with Gasteiger partial charge < -0.3 is 5.32 Å². The maximum Gasteiger partial charge on any atom is 0.272 e. The van der Waals surface area contributed by atoms with Crippen molar-refractivity contribution in [3.63, 3.8) is 0 Å². The van der Waals surface area contributed by atoms with Crippen molar-refractivity contribution in [3.05, 3.63) is 64.1 Å². The van der Waals surface area contributed by atoms with Crippen molar-refractivity contribution in [2.75, 3.05) is 11.5 Å². The number of benzene rings is 1. The molecule has 1 aliphatic heterocycles. The average Bonchev–Trinajstić information content (AvgIpc) is 2.83. The van der Waals surface area contributed by atoms with Crippen LogP contribution in [0.5, 0.6) is 0 Å². The number of carbonyl (C=O) groups is 1. The van der Waals surface area contributed by atoms with Crippen molar-refractivity contribution in [2.24, 2.45) is 0 Å². The summed E-state index contributed by atoms with van der Waals surface area (Å²) in [5.74, 6) is -0.512. The molecule has 1 aromatic carbocycles. The number of hydrogen-bond donors (Lipinski definition) is 1. The monoisotopic (exact) mass is 361 g/mol. The van der Waals surface area contributed by atoms with Crippen LogP contribution in [0, 0.1) is 0 Å². The summed E-state index contributed by atoms with van der Waals surface area (Å²) in [6.45, 7) is 1.96. The van der Waals surface area contributed by atoms with Crippen LogP contribution < -0.4 is 10.9 Å². The highest BCUT2D eigenvalue weighted by Gasteiger charge is 2.39. The largest absolute Gasteiger partial charge is 0.344 e. The Bertz CT molecular complexity index is 953. The van der Waals surface area contributed by atoms with Gasteiger partial charge in [-0.05, 0) is 25.0 Å². The minimum atomic E-state index is -3.13. The van der Waals surface area contributed by atoms with Gasteiger partial charge in [-0.1, -0.05) is 30.3 Å². The van der Waals surface area contributed by atoms with E-state index in [0.717, 1.165) is 5.56 Å². The van der Waals surface area contributed by atoms with Crippen molar-refractivity contribution in [2.45, 2.75) is 25.4 Å². The highest BCUT2D eigenvalue weighted by Crippen LogP contribution is 2.23. The zero-order valence-corrected chi connectivity index (χ0v) is 14.6. The van der Waals surface area contributed by atoms with Gasteiger partial charge in [0.15, 0.2) is 9.84 Å². The number of nitrogens with zero attached hydrogens (tertiary/aromatic N) is 2. The maximum atomic E-state index is 12.4. The summed E-state index contributed by atoms with van der Waals surface area (Å²) in [6, 6.07) is 12.0. The standard InChI is InChI=1S/C17H19N3O4S/c1-17(9-10-25(23,24)12-17)18-16(22)14-7-8-15(21)20(19-14)11-13-5-3-2-4-6-13/h2-8H,9-12H2,1H3,(H,18,22)/t17-/m0/s1. The number of amides is 1. The minimum Gasteiger partial charge on any atom is -0.344 e. The molecule has 0 unspecified atom stereocenters. The lowest BCUT2D eigenvalue weighted by Gasteiger charge is -2.23. The molecule has 1 saturated heterocycles. The van der Waals surface area contributed by atoms with E-state index in [1.165, 1.54) is 16.8 Å². The molecule has 132 valence electrons. The third-order valence-corrected chi connectivity index (χ3v) is 6.10. The van der Waals surface area contributed by atoms with Crippen LogP contribution in [0.2, 0.25) is 0 Å². The van der Waals surface area contributed by atoms with Crippen molar-refractivity contribution >= 4 is 15.7 Å². The van der Waals surface area contributed by atoms with E-state index in [9.17, 15) is 18.0 Å². The van der Waals surface area contributed by atoms with E-state index in [-0.39, 0.29) is 29.3 Å². The van der Waals surface area contributed by atoms with Crippen LogP contribution in [0.3, 0.4) is 0 Å². The number of carbonyl (C=O) groups excluding carboxylic acids is 1. The van der Waals surface area contributed by atoms with Crippen molar-refractivity contribution < 1.29 is 13.2 Å². The Morgan fingerprint density at radius 1 is 1.24 bits per heavy atom. The van der Waals surface area contributed by atoms with E-state index < -0.39 is 21.3 Å². The second-order valence-electron chi connectivity index (χ2n) is 6.56. The van der Waals surface area contributed by atoms with Crippen LogP contribution >= 0.6 is 0 Å². The molecule has 2 heterocycles. The van der Waals surface area contributed by atoms with Gasteiger partial charge in [0, 0.05) is 6.07 Å². The lowest BCUT2D eigenvalue weighted by atomic mass is 10.0. The van der Waals surface area contributed by atoms with Crippen LogP contribution in [0.15, 0.2) is 47.3 Å². The average molecular weight is 361 g/mol. The minimum absolute atomic E-state index is 0.0602. The fourth-order valence-electron chi connectivity index (χ4n) is 2.89. The van der Waals surface area contributed by atoms with Crippen LogP contribution in [0.4, 0.5) is 0 Å². The van der Waals surface area contributed by atoms with E-state index in [2.05, 4.69) is 10.4 Å². The number of hydrogen-bond acceptors (Lipinski definition) is 5. The molecule has 7 nitrogen and oxygen atoms in total. The van der Waals surface area contributed by atoms with E-state index in [4.69, 9.17) is 0 Å². The molecule has 8 heteroatoms. The van der Waals surface area contributed by atoms with Gasteiger partial charge in [-0.15, -0.1) is 0 Å². The number of aromatic nitrogens is 2. The highest BCUT2D eigenvalue weighted by atomic mass is 32.2. The number of sulfone groups is 1. The van der Waals surface area contributed by atoms with Gasteiger partial charge in [-0.25, -0.2) is 13.1 Å². The second-order valence-corrected chi connectivity index (χ2v) is 8.74. The predicted molar refractivity (Wildman–Crippen MR) is 93.2 cm³/mol. The second kappa shape index (κ2) is 6.44. The predicted octanol–water partition coefficient (Wildman–Crippen LogP) is 0.599. The van der Waals surface area contributed by atoms with Gasteiger partial charge in [0.25, 0.3) is 11.5 Å². The molecule has 1 aliphatic rings. The fraction of sp³-hybridized carbons (Fsp3) is 0.353. The molecule has 1 amide bonds. The Kier molecular flexibility index (Phi) is 4.47. The molecule has 0 spiro atoms. The molecule has 0 bridgehead atoms. The number of nitrogens with one attached hydrogen (secondary N) is 1. The normalized spacial score (nSPS) is 21.8. The Morgan fingerprint density at radius 3 is 2.60 bits per heavy atom. The van der Waals surface area contributed by atoms with Crippen molar-refractivity contribution in [1.82, 2.24) is 15.1 Å². The summed E-state index contributed by atoms with van der Waals surface area (Å²) in [5.41, 5.74) is -0.141. The van der Waals surface area contributed by atoms with Gasteiger partial charge in [0.2, 0.25) is 0 Å². The summed E-state index contributed by atoms with van der Waals surface area (Å²) in [7, 11) is -3.13. The third kappa shape index (κ3) is 4.14. The topological polar surface area (TPSA) is 98.1 Å². The SMILES string of the molecule is C[C@]1(NC(=O)c2ccc(=O)n(Cc3ccccc3)n2)CCS(=O)(=O)C1. The van der Waals surface area contributed by atoms with Crippen LogP contribution in [-0.4, -0.2) is 41.2 Å². The van der Waals surface area contributed by atoms with Crippen molar-refractivity contribution in [3.8, 4) is 0 Å². The smallest absolute Gasteiger partial charge is 0.272 e. The van der Waals surface area contributed by atoms with Gasteiger partial charge >= 0.3 is 0 Å². The first-order valence-electron chi connectivity index (χ1n) is 7.91. The third-order valence-electron chi connectivity index (χ3n) is 4.19. The summed E-state index contributed by atoms with van der Waals surface area (Å²) in [5, 5.41) is 6.86. The molecular weight excluding hydrogens is 342 g/mol. The van der Waals surface area contributed by atoms with Crippen LogP contribution in [-0.2, 0) is 16.4 Å². The summed E-state index contributed by atoms with van der Waals surface area (Å²) >= 11 is 0. The Balaban J connectivity index is 1.80. The molecule has 1 atom stereocenters. The molecule has 25 heavy (non-hydrogen) atoms. The first-order valence-corrected chi connectivity index (χ1v) is 9.74. The lowest BCUT2D eigenvalue weighted by molar-refractivity contribution is 0.0907. The van der Waals surface area contributed by atoms with E-state index in [1.54, 1.807) is 6.92 Å². The molecule has 1 N–H and O–H groups in total. The Morgan fingerprint density at radius 2 is 1.96 bits per heavy atom. The van der Waals surface area contributed by atoms with Crippen LogP contribution in [0.1, 0.15) is 29.4 Å². The maximum absolute atomic E-state index is 12.4. The molecule has 1 aromatic heterocycles. The molecule has 0 saturated carbocycles. The van der Waals surface area contributed by atoms with Gasteiger partial charge in [0.1, 0.15) is 5.69 Å². The first-order chi connectivity index (χ1) is 11.8. The lowest BCUT2D eigenvalue weighted by Crippen LogP contribution is -2.47. The van der Waals surface area contributed by atoms with Crippen LogP contribution in [0.25, 0.3) is 0 Å². The molecule has 0 aliphatic carbocycles. The zero-order chi connectivity index (χ0) is 18.1. The highest BCUT2D eigenvalue weighted by molar-refractivity contribution is 7.91. The first kappa shape index (κ1) is 17.3. The van der Waals surface area contributed by atoms with Gasteiger partial charge in [-0.2, -0.15) is 5.10 Å². The van der Waals surface area contributed by atoms with E-state index >= 15 is 0 Å². The molecular formula is C17H19N3O4S. The Labute approximate surface area is 145 Å². The van der Waals surface area contributed by atoms with E-state index in [0.29, 0.717) is 6.42 Å². The van der Waals surface area contributed by atoms with Gasteiger partial charge in [0.05, 0.1) is 23.6 Å². The quantitative estimate of drug-likeness (QED) is 0.860. The summed E-state index contributed by atoms with van der Waals surface area (Å²) in [4.78, 5) is 24.4. The van der Waals surface area contributed by atoms with Gasteiger partial charge in [-0.3, -0.25) is 9.59 Å². The summed E-state index contributed by atoms with van der Waals surface area (Å²) < 4.78 is 24.5. The fourth-order valence-corrected chi connectivity index (χ4v) is 4.98. The molecule has 1 fully saturated rings. The summed E-state index contributed by atoms with van der Waals surface area (Å²) in [6.07, 6.45) is 0.366. The molecule has 3 rings (SSSR count). The van der Waals surface area contributed by atoms with E-state index in [1.807, 2.05) is 30.3 Å². The Hall–Kier alpha value is -2.48. The van der Waals surface area contributed by atoms with Crippen molar-refractivity contribution in [1.29, 1.82) is 0 Å². The number of rotatable bonds is 4.